The molecule has 1 rings (SSSR count). The van der Waals surface area contributed by atoms with E-state index in [4.69, 9.17) is 14.9 Å². The van der Waals surface area contributed by atoms with Gasteiger partial charge in [-0.25, -0.2) is 9.78 Å². The van der Waals surface area contributed by atoms with Crippen molar-refractivity contribution in [2.75, 3.05) is 12.3 Å². The number of hydrogen-bond donors (Lipinski definition) is 1. The molecule has 0 aliphatic carbocycles. The van der Waals surface area contributed by atoms with Crippen LogP contribution in [0, 0.1) is 0 Å². The van der Waals surface area contributed by atoms with E-state index in [1.54, 1.807) is 6.92 Å². The highest BCUT2D eigenvalue weighted by Gasteiger charge is 2.26. The summed E-state index contributed by atoms with van der Waals surface area (Å²) in [5.74, 6) is -0.101. The van der Waals surface area contributed by atoms with E-state index in [0.717, 1.165) is 0 Å². The number of esters is 1. The van der Waals surface area contributed by atoms with Gasteiger partial charge in [0.05, 0.1) is 6.61 Å². The summed E-state index contributed by atoms with van der Waals surface area (Å²) >= 11 is 0. The molecule has 0 aliphatic heterocycles. The number of aromatic nitrogens is 1. The molecule has 0 aliphatic rings. The van der Waals surface area contributed by atoms with E-state index in [1.165, 1.54) is 0 Å². The fourth-order valence-electron chi connectivity index (χ4n) is 0.998. The summed E-state index contributed by atoms with van der Waals surface area (Å²) in [4.78, 5) is 15.4. The molecular weight excluding hydrogens is 196 g/mol. The van der Waals surface area contributed by atoms with Crippen molar-refractivity contribution in [2.24, 2.45) is 0 Å². The smallest absolute Gasteiger partial charge is 0.362 e. The fourth-order valence-corrected chi connectivity index (χ4v) is 0.998. The third-order valence-corrected chi connectivity index (χ3v) is 1.76. The largest absolute Gasteiger partial charge is 0.461 e. The highest BCUT2D eigenvalue weighted by atomic mass is 16.5. The molecule has 1 aromatic rings. The van der Waals surface area contributed by atoms with Gasteiger partial charge in [0.15, 0.2) is 0 Å². The molecule has 0 atom stereocenters. The molecule has 0 radical (unpaired) electrons. The van der Waals surface area contributed by atoms with Gasteiger partial charge >= 0.3 is 5.97 Å². The second kappa shape index (κ2) is 3.92. The van der Waals surface area contributed by atoms with Crippen LogP contribution in [-0.2, 0) is 10.2 Å². The number of nitrogens with zero attached hydrogens (tertiary/aromatic N) is 1. The van der Waals surface area contributed by atoms with Crippen LogP contribution in [0.25, 0.3) is 0 Å². The summed E-state index contributed by atoms with van der Waals surface area (Å²) in [6.07, 6.45) is 0. The van der Waals surface area contributed by atoms with E-state index in [-0.39, 0.29) is 23.6 Å². The molecule has 0 amide bonds. The van der Waals surface area contributed by atoms with E-state index in [1.807, 2.05) is 20.8 Å². The molecule has 5 heteroatoms. The van der Waals surface area contributed by atoms with Crippen LogP contribution in [0.4, 0.5) is 5.88 Å². The zero-order valence-electron chi connectivity index (χ0n) is 9.46. The molecule has 0 spiro atoms. The van der Waals surface area contributed by atoms with Gasteiger partial charge in [-0.15, -0.1) is 0 Å². The predicted octanol–water partition coefficient (Wildman–Crippen LogP) is 1.73. The Hall–Kier alpha value is -1.52. The average Bonchev–Trinajstić information content (AvgIpc) is 2.47. The second-order valence-electron chi connectivity index (χ2n) is 4.20. The number of hydrogen-bond acceptors (Lipinski definition) is 5. The third-order valence-electron chi connectivity index (χ3n) is 1.76. The van der Waals surface area contributed by atoms with E-state index in [0.29, 0.717) is 5.89 Å². The molecule has 0 saturated carbocycles. The average molecular weight is 212 g/mol. The lowest BCUT2D eigenvalue weighted by atomic mass is 9.97. The lowest BCUT2D eigenvalue weighted by Crippen LogP contribution is -2.13. The highest BCUT2D eigenvalue weighted by molar-refractivity contribution is 5.91. The fraction of sp³-hybridized carbons (Fsp3) is 0.600. The van der Waals surface area contributed by atoms with Gasteiger partial charge in [0.1, 0.15) is 0 Å². The van der Waals surface area contributed by atoms with Crippen molar-refractivity contribution in [1.29, 1.82) is 0 Å². The molecular formula is C10H16N2O3. The van der Waals surface area contributed by atoms with Crippen molar-refractivity contribution >= 4 is 11.9 Å². The Labute approximate surface area is 88.6 Å². The van der Waals surface area contributed by atoms with Crippen LogP contribution in [-0.4, -0.2) is 17.6 Å². The first-order valence-corrected chi connectivity index (χ1v) is 4.80. The lowest BCUT2D eigenvalue weighted by Gasteiger charge is -2.11. The minimum Gasteiger partial charge on any atom is -0.461 e. The predicted molar refractivity (Wildman–Crippen MR) is 55.6 cm³/mol. The standard InChI is InChI=1S/C10H16N2O3/c1-5-14-8(13)6-7(11)15-9(12-6)10(2,3)4/h5,11H2,1-4H3. The molecule has 1 aromatic heterocycles. The van der Waals surface area contributed by atoms with Crippen molar-refractivity contribution in [3.8, 4) is 0 Å². The van der Waals surface area contributed by atoms with Gasteiger partial charge in [0.2, 0.25) is 17.5 Å². The summed E-state index contributed by atoms with van der Waals surface area (Å²) in [6, 6.07) is 0. The molecule has 2 N–H and O–H groups in total. The Bertz CT molecular complexity index is 363. The Kier molecular flexibility index (Phi) is 3.02. The molecule has 5 nitrogen and oxygen atoms in total. The van der Waals surface area contributed by atoms with Crippen LogP contribution >= 0.6 is 0 Å². The molecule has 0 fully saturated rings. The highest BCUT2D eigenvalue weighted by Crippen LogP contribution is 2.25. The van der Waals surface area contributed by atoms with Gasteiger partial charge in [-0.05, 0) is 6.92 Å². The Morgan fingerprint density at radius 2 is 2.13 bits per heavy atom. The number of oxazole rings is 1. The molecule has 0 unspecified atom stereocenters. The maximum atomic E-state index is 11.4. The second-order valence-corrected chi connectivity index (χ2v) is 4.20. The van der Waals surface area contributed by atoms with Crippen LogP contribution < -0.4 is 5.73 Å². The summed E-state index contributed by atoms with van der Waals surface area (Å²) in [5, 5.41) is 0. The first kappa shape index (κ1) is 11.6. The number of anilines is 1. The number of carbonyl (C=O) groups is 1. The minimum absolute atomic E-state index is 0.0124. The van der Waals surface area contributed by atoms with Crippen molar-refractivity contribution < 1.29 is 13.9 Å². The Morgan fingerprint density at radius 1 is 1.53 bits per heavy atom. The zero-order valence-corrected chi connectivity index (χ0v) is 9.46. The normalized spacial score (nSPS) is 11.5. The van der Waals surface area contributed by atoms with Crippen LogP contribution in [0.1, 0.15) is 44.1 Å². The van der Waals surface area contributed by atoms with E-state index < -0.39 is 5.97 Å². The summed E-state index contributed by atoms with van der Waals surface area (Å²) in [7, 11) is 0. The van der Waals surface area contributed by atoms with Crippen LogP contribution in [0.2, 0.25) is 0 Å². The SMILES string of the molecule is CCOC(=O)c1nc(C(C)(C)C)oc1N. The van der Waals surface area contributed by atoms with Gasteiger partial charge in [0, 0.05) is 5.41 Å². The van der Waals surface area contributed by atoms with Gasteiger partial charge in [-0.2, -0.15) is 0 Å². The first-order chi connectivity index (χ1) is 6.86. The Morgan fingerprint density at radius 3 is 2.53 bits per heavy atom. The maximum absolute atomic E-state index is 11.4. The van der Waals surface area contributed by atoms with E-state index >= 15 is 0 Å². The first-order valence-electron chi connectivity index (χ1n) is 4.80. The molecule has 84 valence electrons. The van der Waals surface area contributed by atoms with Gasteiger partial charge < -0.3 is 14.9 Å². The molecule has 15 heavy (non-hydrogen) atoms. The van der Waals surface area contributed by atoms with Crippen molar-refractivity contribution in [3.05, 3.63) is 11.6 Å². The van der Waals surface area contributed by atoms with Crippen LogP contribution in [0.15, 0.2) is 4.42 Å². The summed E-state index contributed by atoms with van der Waals surface area (Å²) in [5.41, 5.74) is 5.32. The lowest BCUT2D eigenvalue weighted by molar-refractivity contribution is 0.0521. The third kappa shape index (κ3) is 2.49. The Balaban J connectivity index is 3.02. The van der Waals surface area contributed by atoms with E-state index in [2.05, 4.69) is 4.98 Å². The number of nitrogen functional groups attached to an aromatic ring is 1. The quantitative estimate of drug-likeness (QED) is 0.755. The topological polar surface area (TPSA) is 78.3 Å². The van der Waals surface area contributed by atoms with Gasteiger partial charge in [-0.1, -0.05) is 20.8 Å². The zero-order chi connectivity index (χ0) is 11.6. The van der Waals surface area contributed by atoms with Crippen molar-refractivity contribution in [3.63, 3.8) is 0 Å². The maximum Gasteiger partial charge on any atom is 0.362 e. The minimum atomic E-state index is -0.547. The van der Waals surface area contributed by atoms with Crippen LogP contribution in [0.5, 0.6) is 0 Å². The number of ether oxygens (including phenoxy) is 1. The van der Waals surface area contributed by atoms with Gasteiger partial charge in [0.25, 0.3) is 0 Å². The molecule has 1 heterocycles. The molecule has 0 saturated heterocycles. The molecule has 0 bridgehead atoms. The van der Waals surface area contributed by atoms with Gasteiger partial charge in [-0.3, -0.25) is 0 Å². The monoisotopic (exact) mass is 212 g/mol. The number of rotatable bonds is 2. The number of carbonyl (C=O) groups excluding carboxylic acids is 1. The summed E-state index contributed by atoms with van der Waals surface area (Å²) in [6.45, 7) is 7.78. The summed E-state index contributed by atoms with van der Waals surface area (Å²) < 4.78 is 10.0. The number of nitrogens with two attached hydrogens (primary N) is 1. The van der Waals surface area contributed by atoms with E-state index in [9.17, 15) is 4.79 Å². The molecule has 0 aromatic carbocycles. The van der Waals surface area contributed by atoms with Crippen LogP contribution in [0.3, 0.4) is 0 Å². The van der Waals surface area contributed by atoms with Crippen molar-refractivity contribution in [1.82, 2.24) is 4.98 Å². The van der Waals surface area contributed by atoms with Crippen molar-refractivity contribution in [2.45, 2.75) is 33.1 Å².